The van der Waals surface area contributed by atoms with Crippen LogP contribution < -0.4 is 9.47 Å². The first-order valence-corrected chi connectivity index (χ1v) is 12.6. The van der Waals surface area contributed by atoms with Gasteiger partial charge in [0, 0.05) is 6.54 Å². The first kappa shape index (κ1) is 25.2. The van der Waals surface area contributed by atoms with E-state index in [1.165, 1.54) is 36.0 Å². The van der Waals surface area contributed by atoms with Gasteiger partial charge in [-0.05, 0) is 107 Å². The molecular weight excluding hydrogens is 585 g/mol. The van der Waals surface area contributed by atoms with Crippen molar-refractivity contribution < 1.29 is 23.0 Å². The van der Waals surface area contributed by atoms with Gasteiger partial charge in [-0.25, -0.2) is 13.8 Å². The van der Waals surface area contributed by atoms with E-state index in [4.69, 9.17) is 9.47 Å². The van der Waals surface area contributed by atoms with Gasteiger partial charge in [-0.3, -0.25) is 9.69 Å². The summed E-state index contributed by atoms with van der Waals surface area (Å²) in [6.45, 7) is 2.52. The molecule has 0 unspecified atom stereocenters. The molecule has 0 saturated carbocycles. The van der Waals surface area contributed by atoms with Gasteiger partial charge < -0.3 is 9.47 Å². The van der Waals surface area contributed by atoms with Crippen molar-refractivity contribution in [2.24, 2.45) is 4.99 Å². The molecule has 9 heteroatoms. The van der Waals surface area contributed by atoms with Crippen LogP contribution in [0, 0.1) is 15.2 Å². The molecule has 0 spiro atoms. The van der Waals surface area contributed by atoms with Crippen LogP contribution in [0.4, 0.5) is 14.5 Å². The molecule has 5 nitrogen and oxygen atoms in total. The van der Waals surface area contributed by atoms with Gasteiger partial charge in [0.05, 0.1) is 21.3 Å². The Balaban J connectivity index is 1.59. The highest BCUT2D eigenvalue weighted by molar-refractivity contribution is 14.1. The van der Waals surface area contributed by atoms with Crippen LogP contribution in [0.25, 0.3) is 6.08 Å². The molecular formula is C26H21F2IN2O3S. The Labute approximate surface area is 220 Å². The summed E-state index contributed by atoms with van der Waals surface area (Å²) in [5, 5.41) is 0.534. The molecule has 180 valence electrons. The maximum absolute atomic E-state index is 13.5. The Morgan fingerprint density at radius 2 is 1.86 bits per heavy atom. The van der Waals surface area contributed by atoms with Gasteiger partial charge in [0.15, 0.2) is 16.7 Å². The number of rotatable bonds is 7. The average Bonchev–Trinajstić information content (AvgIpc) is 3.13. The van der Waals surface area contributed by atoms with Gasteiger partial charge in [0.2, 0.25) is 0 Å². The standard InChI is InChI=1S/C26H21F2IN2O3S/c1-3-31-25(32)23(35-26(31)30-20-9-7-18(27)8-10-20)14-17-12-21(29)24(22(13-17)33-2)34-15-16-5-4-6-19(28)11-16/h4-14H,3,15H2,1-2H3/b23-14+,30-26?. The number of halogens is 3. The zero-order valence-electron chi connectivity index (χ0n) is 18.9. The fraction of sp³-hybridized carbons (Fsp3) is 0.154. The maximum Gasteiger partial charge on any atom is 0.266 e. The lowest BCUT2D eigenvalue weighted by Crippen LogP contribution is -2.28. The molecule has 35 heavy (non-hydrogen) atoms. The quantitative estimate of drug-likeness (QED) is 0.220. The molecule has 1 saturated heterocycles. The summed E-state index contributed by atoms with van der Waals surface area (Å²) in [7, 11) is 1.54. The SMILES string of the molecule is CCN1C(=O)/C(=C\c2cc(I)c(OCc3cccc(F)c3)c(OC)c2)SC1=Nc1ccc(F)cc1. The molecule has 4 rings (SSSR count). The predicted molar refractivity (Wildman–Crippen MR) is 143 cm³/mol. The van der Waals surface area contributed by atoms with Gasteiger partial charge in [-0.15, -0.1) is 0 Å². The molecule has 0 aromatic heterocycles. The highest BCUT2D eigenvalue weighted by Gasteiger charge is 2.32. The Kier molecular flexibility index (Phi) is 8.07. The minimum Gasteiger partial charge on any atom is -0.493 e. The normalized spacial score (nSPS) is 15.8. The van der Waals surface area contributed by atoms with E-state index in [0.29, 0.717) is 39.4 Å². The molecule has 3 aromatic rings. The van der Waals surface area contributed by atoms with Crippen LogP contribution in [0.2, 0.25) is 0 Å². The number of ether oxygens (including phenoxy) is 2. The zero-order valence-corrected chi connectivity index (χ0v) is 21.9. The lowest BCUT2D eigenvalue weighted by molar-refractivity contribution is -0.122. The number of carbonyl (C=O) groups is 1. The summed E-state index contributed by atoms with van der Waals surface area (Å²) in [6, 6.07) is 15.7. The third kappa shape index (κ3) is 6.02. The smallest absolute Gasteiger partial charge is 0.266 e. The van der Waals surface area contributed by atoms with E-state index in [9.17, 15) is 13.6 Å². The second-order valence-corrected chi connectivity index (χ2v) is 9.65. The van der Waals surface area contributed by atoms with E-state index >= 15 is 0 Å². The lowest BCUT2D eigenvalue weighted by atomic mass is 10.1. The number of hydrogen-bond donors (Lipinski definition) is 0. The number of benzene rings is 3. The van der Waals surface area contributed by atoms with Crippen molar-refractivity contribution >= 4 is 57.2 Å². The number of carbonyl (C=O) groups excluding carboxylic acids is 1. The molecule has 1 heterocycles. The largest absolute Gasteiger partial charge is 0.493 e. The van der Waals surface area contributed by atoms with Gasteiger partial charge in [-0.1, -0.05) is 12.1 Å². The van der Waals surface area contributed by atoms with Crippen LogP contribution in [-0.2, 0) is 11.4 Å². The number of thioether (sulfide) groups is 1. The molecule has 3 aromatic carbocycles. The number of aliphatic imine (C=N–C) groups is 1. The average molecular weight is 606 g/mol. The third-order valence-corrected chi connectivity index (χ3v) is 6.89. The lowest BCUT2D eigenvalue weighted by Gasteiger charge is -2.14. The van der Waals surface area contributed by atoms with Crippen molar-refractivity contribution in [3.63, 3.8) is 0 Å². The Bertz CT molecular complexity index is 1310. The second kappa shape index (κ2) is 11.2. The minimum atomic E-state index is -0.344. The minimum absolute atomic E-state index is 0.154. The molecule has 0 aliphatic carbocycles. The van der Waals surface area contributed by atoms with Crippen LogP contribution in [0.15, 0.2) is 70.6 Å². The van der Waals surface area contributed by atoms with Gasteiger partial charge in [0.25, 0.3) is 5.91 Å². The van der Waals surface area contributed by atoms with Crippen molar-refractivity contribution in [1.29, 1.82) is 0 Å². The molecule has 0 N–H and O–H groups in total. The number of amidine groups is 1. The van der Waals surface area contributed by atoms with Crippen molar-refractivity contribution in [3.05, 3.63) is 91.9 Å². The summed E-state index contributed by atoms with van der Waals surface area (Å²) in [5.41, 5.74) is 2.03. The number of likely N-dealkylation sites (N-methyl/N-ethyl adjacent to an activating group) is 1. The van der Waals surface area contributed by atoms with Gasteiger partial charge in [0.1, 0.15) is 18.2 Å². The van der Waals surface area contributed by atoms with E-state index in [1.54, 1.807) is 48.4 Å². The van der Waals surface area contributed by atoms with Crippen molar-refractivity contribution in [2.45, 2.75) is 13.5 Å². The number of hydrogen-bond acceptors (Lipinski definition) is 5. The number of methoxy groups -OCH3 is 1. The van der Waals surface area contributed by atoms with Crippen LogP contribution in [0.1, 0.15) is 18.1 Å². The summed E-state index contributed by atoms with van der Waals surface area (Å²) in [4.78, 5) is 19.6. The fourth-order valence-electron chi connectivity index (χ4n) is 3.39. The van der Waals surface area contributed by atoms with Crippen LogP contribution in [0.5, 0.6) is 11.5 Å². The summed E-state index contributed by atoms with van der Waals surface area (Å²) in [6.07, 6.45) is 1.78. The molecule has 1 aliphatic rings. The molecule has 1 aliphatic heterocycles. The number of nitrogens with zero attached hydrogens (tertiary/aromatic N) is 2. The van der Waals surface area contributed by atoms with Crippen molar-refractivity contribution in [1.82, 2.24) is 4.90 Å². The first-order chi connectivity index (χ1) is 16.9. The monoisotopic (exact) mass is 606 g/mol. The van der Waals surface area contributed by atoms with Gasteiger partial charge in [-0.2, -0.15) is 0 Å². The molecule has 0 radical (unpaired) electrons. The highest BCUT2D eigenvalue weighted by atomic mass is 127. The number of amides is 1. The van der Waals surface area contributed by atoms with Crippen molar-refractivity contribution in [2.75, 3.05) is 13.7 Å². The van der Waals surface area contributed by atoms with Crippen molar-refractivity contribution in [3.8, 4) is 11.5 Å². The molecule has 0 atom stereocenters. The molecule has 0 bridgehead atoms. The van der Waals surface area contributed by atoms with E-state index in [0.717, 1.165) is 9.13 Å². The first-order valence-electron chi connectivity index (χ1n) is 10.7. The summed E-state index contributed by atoms with van der Waals surface area (Å²) in [5.74, 6) is 0.224. The van der Waals surface area contributed by atoms with E-state index in [1.807, 2.05) is 13.0 Å². The highest BCUT2D eigenvalue weighted by Crippen LogP contribution is 2.38. The van der Waals surface area contributed by atoms with Crippen LogP contribution in [-0.4, -0.2) is 29.6 Å². The third-order valence-electron chi connectivity index (χ3n) is 5.08. The van der Waals surface area contributed by atoms with Crippen LogP contribution >= 0.6 is 34.4 Å². The fourth-order valence-corrected chi connectivity index (χ4v) is 5.24. The van der Waals surface area contributed by atoms with E-state index in [2.05, 4.69) is 27.6 Å². The Morgan fingerprint density at radius 3 is 2.54 bits per heavy atom. The summed E-state index contributed by atoms with van der Waals surface area (Å²) >= 11 is 3.41. The van der Waals surface area contributed by atoms with Crippen LogP contribution in [0.3, 0.4) is 0 Å². The predicted octanol–water partition coefficient (Wildman–Crippen LogP) is 6.78. The van der Waals surface area contributed by atoms with E-state index in [-0.39, 0.29) is 24.1 Å². The van der Waals surface area contributed by atoms with E-state index < -0.39 is 0 Å². The summed E-state index contributed by atoms with van der Waals surface area (Å²) < 4.78 is 38.9. The van der Waals surface area contributed by atoms with Gasteiger partial charge >= 0.3 is 0 Å². The topological polar surface area (TPSA) is 51.1 Å². The Hall–Kier alpha value is -2.92. The Morgan fingerprint density at radius 1 is 1.09 bits per heavy atom. The zero-order chi connectivity index (χ0) is 24.9. The maximum atomic E-state index is 13.5. The molecule has 1 amide bonds. The second-order valence-electron chi connectivity index (χ2n) is 7.48. The molecule has 1 fully saturated rings.